The molecule has 0 spiro atoms. The summed E-state index contributed by atoms with van der Waals surface area (Å²) >= 11 is 1.46. The molecule has 1 atom stereocenters. The minimum Gasteiger partial charge on any atom is -0.300 e. The maximum absolute atomic E-state index is 12.3. The van der Waals surface area contributed by atoms with Crippen LogP contribution in [0, 0.1) is 6.92 Å². The first kappa shape index (κ1) is 14.5. The van der Waals surface area contributed by atoms with Crippen LogP contribution in [0.15, 0.2) is 48.9 Å². The maximum Gasteiger partial charge on any atom is 0.250 e. The Kier molecular flexibility index (Phi) is 4.02. The summed E-state index contributed by atoms with van der Waals surface area (Å²) in [5, 5.41) is 7.73. The zero-order valence-electron chi connectivity index (χ0n) is 12.4. The van der Waals surface area contributed by atoms with Gasteiger partial charge in [-0.05, 0) is 19.4 Å². The molecule has 0 bridgehead atoms. The van der Waals surface area contributed by atoms with Crippen molar-refractivity contribution in [3.05, 3.63) is 53.8 Å². The summed E-state index contributed by atoms with van der Waals surface area (Å²) in [5.74, 6) is -0.128. The molecule has 22 heavy (non-hydrogen) atoms. The lowest BCUT2D eigenvalue weighted by molar-refractivity contribution is -0.119. The van der Waals surface area contributed by atoms with E-state index in [1.165, 1.54) is 11.3 Å². The Hall–Kier alpha value is -2.47. The Labute approximate surface area is 132 Å². The van der Waals surface area contributed by atoms with Crippen LogP contribution in [0.2, 0.25) is 0 Å². The smallest absolute Gasteiger partial charge is 0.250 e. The van der Waals surface area contributed by atoms with Gasteiger partial charge in [-0.1, -0.05) is 30.3 Å². The molecule has 0 aliphatic rings. The first-order chi connectivity index (χ1) is 10.6. The fraction of sp³-hybridized carbons (Fsp3) is 0.188. The van der Waals surface area contributed by atoms with Crippen molar-refractivity contribution in [3.8, 4) is 11.1 Å². The van der Waals surface area contributed by atoms with E-state index in [2.05, 4.69) is 15.4 Å². The highest BCUT2D eigenvalue weighted by Crippen LogP contribution is 2.21. The van der Waals surface area contributed by atoms with Crippen molar-refractivity contribution in [2.75, 3.05) is 5.32 Å². The number of benzene rings is 1. The quantitative estimate of drug-likeness (QED) is 0.802. The van der Waals surface area contributed by atoms with Crippen molar-refractivity contribution in [2.45, 2.75) is 19.9 Å². The molecule has 1 amide bonds. The lowest BCUT2D eigenvalue weighted by Gasteiger charge is -2.10. The predicted octanol–water partition coefficient (Wildman–Crippen LogP) is 3.51. The van der Waals surface area contributed by atoms with Gasteiger partial charge < -0.3 is 5.32 Å². The molecule has 0 fully saturated rings. The Balaban J connectivity index is 1.73. The first-order valence-corrected chi connectivity index (χ1v) is 7.78. The fourth-order valence-corrected chi connectivity index (χ4v) is 2.74. The van der Waals surface area contributed by atoms with E-state index in [9.17, 15) is 4.79 Å². The van der Waals surface area contributed by atoms with E-state index < -0.39 is 6.04 Å². The van der Waals surface area contributed by atoms with Crippen molar-refractivity contribution in [1.82, 2.24) is 14.8 Å². The number of nitrogens with zero attached hydrogens (tertiary/aromatic N) is 3. The third-order valence-corrected chi connectivity index (χ3v) is 4.16. The van der Waals surface area contributed by atoms with E-state index in [1.54, 1.807) is 17.1 Å². The molecule has 0 aliphatic heterocycles. The van der Waals surface area contributed by atoms with Gasteiger partial charge in [-0.3, -0.25) is 9.48 Å². The normalized spacial score (nSPS) is 12.1. The van der Waals surface area contributed by atoms with E-state index in [-0.39, 0.29) is 5.91 Å². The predicted molar refractivity (Wildman–Crippen MR) is 87.9 cm³/mol. The molecule has 112 valence electrons. The molecule has 1 N–H and O–H groups in total. The van der Waals surface area contributed by atoms with Crippen molar-refractivity contribution in [1.29, 1.82) is 0 Å². The van der Waals surface area contributed by atoms with E-state index in [1.807, 2.05) is 50.4 Å². The number of carbonyl (C=O) groups excluding carboxylic acids is 1. The largest absolute Gasteiger partial charge is 0.300 e. The van der Waals surface area contributed by atoms with Gasteiger partial charge in [0.05, 0.1) is 6.20 Å². The summed E-state index contributed by atoms with van der Waals surface area (Å²) in [7, 11) is 0. The highest BCUT2D eigenvalue weighted by Gasteiger charge is 2.17. The second kappa shape index (κ2) is 6.11. The van der Waals surface area contributed by atoms with Gasteiger partial charge in [0.1, 0.15) is 6.04 Å². The van der Waals surface area contributed by atoms with Gasteiger partial charge in [-0.15, -0.1) is 11.3 Å². The summed E-state index contributed by atoms with van der Waals surface area (Å²) in [6.45, 7) is 3.77. The van der Waals surface area contributed by atoms with Crippen LogP contribution >= 0.6 is 11.3 Å². The molecule has 0 saturated carbocycles. The van der Waals surface area contributed by atoms with Gasteiger partial charge >= 0.3 is 0 Å². The molecule has 0 saturated heterocycles. The van der Waals surface area contributed by atoms with E-state index >= 15 is 0 Å². The lowest BCUT2D eigenvalue weighted by atomic mass is 10.1. The van der Waals surface area contributed by atoms with Crippen LogP contribution in [0.25, 0.3) is 11.1 Å². The summed E-state index contributed by atoms with van der Waals surface area (Å²) in [6, 6.07) is 9.57. The topological polar surface area (TPSA) is 59.8 Å². The number of hydrogen-bond acceptors (Lipinski definition) is 4. The second-order valence-electron chi connectivity index (χ2n) is 5.02. The van der Waals surface area contributed by atoms with E-state index in [0.717, 1.165) is 16.0 Å². The number of thiazole rings is 1. The van der Waals surface area contributed by atoms with Crippen LogP contribution in [0.4, 0.5) is 5.13 Å². The van der Waals surface area contributed by atoms with Gasteiger partial charge in [0.15, 0.2) is 5.13 Å². The Bertz CT molecular complexity index is 778. The third-order valence-electron chi connectivity index (χ3n) is 3.34. The SMILES string of the molecule is Cc1cnc(NC(=O)[C@@H](C)n2cc(-c3ccccc3)cn2)s1. The van der Waals surface area contributed by atoms with Crippen LogP contribution < -0.4 is 5.32 Å². The monoisotopic (exact) mass is 312 g/mol. The third kappa shape index (κ3) is 3.07. The molecular weight excluding hydrogens is 296 g/mol. The summed E-state index contributed by atoms with van der Waals surface area (Å²) in [6.07, 6.45) is 5.39. The number of rotatable bonds is 4. The van der Waals surface area contributed by atoms with Gasteiger partial charge in [0.2, 0.25) is 0 Å². The number of hydrogen-bond donors (Lipinski definition) is 1. The van der Waals surface area contributed by atoms with Crippen LogP contribution in [-0.2, 0) is 4.79 Å². The molecule has 2 aromatic heterocycles. The zero-order valence-corrected chi connectivity index (χ0v) is 13.2. The summed E-state index contributed by atoms with van der Waals surface area (Å²) in [5.41, 5.74) is 2.07. The zero-order chi connectivity index (χ0) is 15.5. The highest BCUT2D eigenvalue weighted by atomic mass is 32.1. The van der Waals surface area contributed by atoms with Crippen molar-refractivity contribution in [2.24, 2.45) is 0 Å². The molecule has 5 nitrogen and oxygen atoms in total. The first-order valence-electron chi connectivity index (χ1n) is 6.96. The minimum atomic E-state index is -0.401. The van der Waals surface area contributed by atoms with Crippen molar-refractivity contribution in [3.63, 3.8) is 0 Å². The number of amides is 1. The average molecular weight is 312 g/mol. The average Bonchev–Trinajstić information content (AvgIpc) is 3.17. The standard InChI is InChI=1S/C16H16N4OS/c1-11-8-17-16(22-11)19-15(21)12(2)20-10-14(9-18-20)13-6-4-3-5-7-13/h3-10,12H,1-2H3,(H,17,19,21)/t12-/m1/s1. The van der Waals surface area contributed by atoms with Gasteiger partial charge in [-0.2, -0.15) is 5.10 Å². The van der Waals surface area contributed by atoms with Crippen LogP contribution in [0.1, 0.15) is 17.8 Å². The molecule has 0 radical (unpaired) electrons. The molecule has 1 aromatic carbocycles. The van der Waals surface area contributed by atoms with Crippen molar-refractivity contribution >= 4 is 22.4 Å². The van der Waals surface area contributed by atoms with Crippen LogP contribution in [0.3, 0.4) is 0 Å². The molecule has 3 rings (SSSR count). The number of nitrogens with one attached hydrogen (secondary N) is 1. The molecule has 0 aliphatic carbocycles. The highest BCUT2D eigenvalue weighted by molar-refractivity contribution is 7.15. The lowest BCUT2D eigenvalue weighted by Crippen LogP contribution is -2.23. The maximum atomic E-state index is 12.3. The summed E-state index contributed by atoms with van der Waals surface area (Å²) < 4.78 is 1.66. The molecule has 3 aromatic rings. The van der Waals surface area contributed by atoms with Gasteiger partial charge in [0.25, 0.3) is 5.91 Å². The number of aryl methyl sites for hydroxylation is 1. The Morgan fingerprint density at radius 1 is 1.23 bits per heavy atom. The van der Waals surface area contributed by atoms with Crippen molar-refractivity contribution < 1.29 is 4.79 Å². The molecule has 0 unspecified atom stereocenters. The second-order valence-corrected chi connectivity index (χ2v) is 6.25. The summed E-state index contributed by atoms with van der Waals surface area (Å²) in [4.78, 5) is 17.5. The van der Waals surface area contributed by atoms with E-state index in [0.29, 0.717) is 5.13 Å². The van der Waals surface area contributed by atoms with Gasteiger partial charge in [-0.25, -0.2) is 4.98 Å². The van der Waals surface area contributed by atoms with Crippen LogP contribution in [0.5, 0.6) is 0 Å². The molecular formula is C16H16N4OS. The van der Waals surface area contributed by atoms with Gasteiger partial charge in [0, 0.05) is 22.8 Å². The fourth-order valence-electron chi connectivity index (χ4n) is 2.07. The number of carbonyl (C=O) groups is 1. The molecule has 6 heteroatoms. The number of anilines is 1. The van der Waals surface area contributed by atoms with E-state index in [4.69, 9.17) is 0 Å². The Morgan fingerprint density at radius 3 is 2.68 bits per heavy atom. The number of aromatic nitrogens is 3. The molecule has 2 heterocycles. The minimum absolute atomic E-state index is 0.128. The Morgan fingerprint density at radius 2 is 2.00 bits per heavy atom. The van der Waals surface area contributed by atoms with Crippen LogP contribution in [-0.4, -0.2) is 20.7 Å².